The van der Waals surface area contributed by atoms with Gasteiger partial charge in [0.2, 0.25) is 5.91 Å². The van der Waals surface area contributed by atoms with Crippen molar-refractivity contribution in [3.05, 3.63) is 0 Å². The van der Waals surface area contributed by atoms with Crippen molar-refractivity contribution < 1.29 is 19.1 Å². The van der Waals surface area contributed by atoms with Gasteiger partial charge in [-0.25, -0.2) is 0 Å². The molecule has 7 heteroatoms. The van der Waals surface area contributed by atoms with E-state index in [1.807, 2.05) is 0 Å². The maximum absolute atomic E-state index is 14.0. The predicted octanol–water partition coefficient (Wildman–Crippen LogP) is 11.8. The fourth-order valence-corrected chi connectivity index (χ4v) is 8.48. The fraction of sp³-hybridized carbons (Fsp3) is 0.935. The molecule has 2 rings (SSSR count). The maximum Gasteiger partial charge on any atom is 0.306 e. The van der Waals surface area contributed by atoms with Crippen LogP contribution < -0.4 is 5.32 Å². The quantitative estimate of drug-likeness (QED) is 0.0403. The van der Waals surface area contributed by atoms with Gasteiger partial charge >= 0.3 is 5.97 Å². The topological polar surface area (TPSA) is 79.0 Å². The first-order valence-electron chi connectivity index (χ1n) is 23.5. The minimum absolute atomic E-state index is 0.000599. The Labute approximate surface area is 328 Å². The fourth-order valence-electron chi connectivity index (χ4n) is 8.48. The molecule has 0 bridgehead atoms. The van der Waals surface area contributed by atoms with E-state index in [2.05, 4.69) is 24.1 Å². The summed E-state index contributed by atoms with van der Waals surface area (Å²) in [7, 11) is 0. The molecule has 2 aliphatic rings. The number of carbonyl (C=O) groups excluding carboxylic acids is 3. The molecule has 53 heavy (non-hydrogen) atoms. The number of unbranched alkanes of at least 4 members (excludes halogenated alkanes) is 21. The summed E-state index contributed by atoms with van der Waals surface area (Å²) >= 11 is 0. The first kappa shape index (κ1) is 47.5. The molecule has 0 spiro atoms. The summed E-state index contributed by atoms with van der Waals surface area (Å²) in [4.78, 5) is 45.0. The van der Waals surface area contributed by atoms with Gasteiger partial charge in [0.25, 0.3) is 5.91 Å². The van der Waals surface area contributed by atoms with Crippen LogP contribution in [-0.4, -0.2) is 72.5 Å². The summed E-state index contributed by atoms with van der Waals surface area (Å²) in [5.41, 5.74) is 0. The molecule has 1 aliphatic heterocycles. The lowest BCUT2D eigenvalue weighted by atomic mass is 10.0. The van der Waals surface area contributed by atoms with Gasteiger partial charge in [-0.2, -0.15) is 0 Å². The number of rotatable bonds is 34. The van der Waals surface area contributed by atoms with Crippen LogP contribution in [0.4, 0.5) is 0 Å². The molecule has 2 amide bonds. The van der Waals surface area contributed by atoms with Gasteiger partial charge in [0.1, 0.15) is 6.04 Å². The summed E-state index contributed by atoms with van der Waals surface area (Å²) in [6.07, 6.45) is 40.0. The van der Waals surface area contributed by atoms with Gasteiger partial charge in [0.15, 0.2) is 6.61 Å². The molecule has 0 aromatic rings. The molecule has 7 nitrogen and oxygen atoms in total. The lowest BCUT2D eigenvalue weighted by Crippen LogP contribution is -2.53. The zero-order valence-corrected chi connectivity index (χ0v) is 35.3. The van der Waals surface area contributed by atoms with Gasteiger partial charge in [-0.1, -0.05) is 181 Å². The second-order valence-electron chi connectivity index (χ2n) is 16.8. The van der Waals surface area contributed by atoms with Crippen molar-refractivity contribution in [2.45, 2.75) is 244 Å². The molecular weight excluding hydrogens is 659 g/mol. The monoisotopic (exact) mass is 746 g/mol. The number of likely N-dealkylation sites (tertiary alicyclic amines) is 1. The van der Waals surface area contributed by atoms with Gasteiger partial charge < -0.3 is 19.9 Å². The van der Waals surface area contributed by atoms with Crippen molar-refractivity contribution in [2.24, 2.45) is 0 Å². The van der Waals surface area contributed by atoms with E-state index in [-0.39, 0.29) is 30.4 Å². The molecule has 1 heterocycles. The van der Waals surface area contributed by atoms with E-state index in [4.69, 9.17) is 4.74 Å². The minimum Gasteiger partial charge on any atom is -0.456 e. The number of carbonyl (C=O) groups is 3. The van der Waals surface area contributed by atoms with Crippen molar-refractivity contribution in [2.75, 3.05) is 32.8 Å². The number of nitrogens with one attached hydrogen (secondary N) is 1. The van der Waals surface area contributed by atoms with Crippen molar-refractivity contribution in [1.82, 2.24) is 15.1 Å². The van der Waals surface area contributed by atoms with Crippen LogP contribution >= 0.6 is 0 Å². The average molecular weight is 746 g/mol. The van der Waals surface area contributed by atoms with Gasteiger partial charge in [0.05, 0.1) is 0 Å². The van der Waals surface area contributed by atoms with Crippen molar-refractivity contribution in [3.8, 4) is 0 Å². The Bertz CT molecular complexity index is 884. The van der Waals surface area contributed by atoms with Crippen LogP contribution in [0.5, 0.6) is 0 Å². The normalized spacial score (nSPS) is 16.0. The molecule has 1 aliphatic carbocycles. The molecule has 1 atom stereocenters. The Morgan fingerprint density at radius 2 is 1.08 bits per heavy atom. The van der Waals surface area contributed by atoms with Gasteiger partial charge in [-0.05, 0) is 64.6 Å². The van der Waals surface area contributed by atoms with E-state index in [9.17, 15) is 14.4 Å². The number of ether oxygens (including phenoxy) is 1. The summed E-state index contributed by atoms with van der Waals surface area (Å²) in [5.74, 6) is -0.494. The molecule has 0 aromatic heterocycles. The van der Waals surface area contributed by atoms with E-state index < -0.39 is 6.04 Å². The molecule has 1 saturated carbocycles. The highest BCUT2D eigenvalue weighted by atomic mass is 16.5. The molecule has 310 valence electrons. The molecule has 2 fully saturated rings. The molecule has 1 unspecified atom stereocenters. The molecular formula is C46H87N3O4. The molecule has 1 N–H and O–H groups in total. The SMILES string of the molecule is CCCCCCCCCCCCCCCC(=O)OCC(=O)N(CCCN1CCCC1)C(CCCCCCCCCCCC)C(=O)NC1CCCCCC1. The van der Waals surface area contributed by atoms with Crippen LogP contribution in [0.15, 0.2) is 0 Å². The number of esters is 1. The minimum atomic E-state index is -0.502. The van der Waals surface area contributed by atoms with Crippen molar-refractivity contribution >= 4 is 17.8 Å². The summed E-state index contributed by atoms with van der Waals surface area (Å²) < 4.78 is 5.60. The van der Waals surface area contributed by atoms with E-state index in [1.54, 1.807) is 4.90 Å². The van der Waals surface area contributed by atoms with Crippen LogP contribution in [0.1, 0.15) is 232 Å². The molecule has 0 radical (unpaired) electrons. The van der Waals surface area contributed by atoms with E-state index in [0.717, 1.165) is 83.8 Å². The number of nitrogens with zero attached hydrogens (tertiary/aromatic N) is 2. The van der Waals surface area contributed by atoms with E-state index >= 15 is 0 Å². The zero-order valence-electron chi connectivity index (χ0n) is 35.3. The van der Waals surface area contributed by atoms with E-state index in [0.29, 0.717) is 19.4 Å². The standard InChI is InChI=1S/C46H87N3O4/c1-3-5-7-9-11-13-15-16-17-19-21-23-29-36-45(51)53-41-44(50)49(40-32-39-48-37-30-31-38-48)43(46(52)47-42-33-26-24-25-27-34-42)35-28-22-20-18-14-12-10-8-6-4-2/h42-43H,3-41H2,1-2H3,(H,47,52). The largest absolute Gasteiger partial charge is 0.456 e. The second-order valence-corrected chi connectivity index (χ2v) is 16.8. The smallest absolute Gasteiger partial charge is 0.306 e. The highest BCUT2D eigenvalue weighted by Crippen LogP contribution is 2.21. The van der Waals surface area contributed by atoms with E-state index in [1.165, 1.54) is 141 Å². The third kappa shape index (κ3) is 25.2. The number of amides is 2. The number of hydrogen-bond acceptors (Lipinski definition) is 5. The van der Waals surface area contributed by atoms with Crippen LogP contribution in [0.25, 0.3) is 0 Å². The van der Waals surface area contributed by atoms with Crippen LogP contribution in [-0.2, 0) is 19.1 Å². The Hall–Kier alpha value is -1.63. The first-order valence-corrected chi connectivity index (χ1v) is 23.5. The number of hydrogen-bond donors (Lipinski definition) is 1. The summed E-state index contributed by atoms with van der Waals surface area (Å²) in [6.45, 7) is 7.99. The highest BCUT2D eigenvalue weighted by molar-refractivity contribution is 5.89. The average Bonchev–Trinajstić information content (AvgIpc) is 3.55. The van der Waals surface area contributed by atoms with Crippen LogP contribution in [0, 0.1) is 0 Å². The molecule has 1 saturated heterocycles. The van der Waals surface area contributed by atoms with Gasteiger partial charge in [-0.15, -0.1) is 0 Å². The lowest BCUT2D eigenvalue weighted by Gasteiger charge is -2.33. The first-order chi connectivity index (χ1) is 26.0. The zero-order chi connectivity index (χ0) is 38.0. The summed E-state index contributed by atoms with van der Waals surface area (Å²) in [6, 6.07) is -0.307. The lowest BCUT2D eigenvalue weighted by molar-refractivity contribution is -0.154. The second kappa shape index (κ2) is 33.7. The van der Waals surface area contributed by atoms with Crippen molar-refractivity contribution in [3.63, 3.8) is 0 Å². The van der Waals surface area contributed by atoms with Gasteiger partial charge in [-0.3, -0.25) is 14.4 Å². The highest BCUT2D eigenvalue weighted by Gasteiger charge is 2.31. The van der Waals surface area contributed by atoms with Crippen molar-refractivity contribution in [1.29, 1.82) is 0 Å². The Morgan fingerprint density at radius 3 is 1.58 bits per heavy atom. The Kier molecular flexibility index (Phi) is 30.2. The maximum atomic E-state index is 14.0. The Balaban J connectivity index is 1.85. The van der Waals surface area contributed by atoms with Crippen LogP contribution in [0.2, 0.25) is 0 Å². The predicted molar refractivity (Wildman–Crippen MR) is 223 cm³/mol. The third-order valence-corrected chi connectivity index (χ3v) is 11.9. The van der Waals surface area contributed by atoms with Gasteiger partial charge in [0, 0.05) is 19.0 Å². The molecule has 0 aromatic carbocycles. The summed E-state index contributed by atoms with van der Waals surface area (Å²) in [5, 5.41) is 3.39. The van der Waals surface area contributed by atoms with Crippen LogP contribution in [0.3, 0.4) is 0 Å². The Morgan fingerprint density at radius 1 is 0.604 bits per heavy atom. The third-order valence-electron chi connectivity index (χ3n) is 11.9.